The van der Waals surface area contributed by atoms with Crippen LogP contribution in [0.15, 0.2) is 63.8 Å². The number of carbonyl (C=O) groups excluding carboxylic acids is 3. The lowest BCUT2D eigenvalue weighted by molar-refractivity contribution is -0.172. The van der Waals surface area contributed by atoms with Crippen molar-refractivity contribution < 1.29 is 38.6 Å². The molecule has 0 unspecified atom stereocenters. The molecule has 35 heavy (non-hydrogen) atoms. The third-order valence-corrected chi connectivity index (χ3v) is 5.62. The Balaban J connectivity index is 1.76. The zero-order chi connectivity index (χ0) is 24.9. The molecule has 5 rings (SSSR count). The summed E-state index contributed by atoms with van der Waals surface area (Å²) >= 11 is 0. The van der Waals surface area contributed by atoms with E-state index in [9.17, 15) is 34.2 Å². The van der Waals surface area contributed by atoms with Crippen molar-refractivity contribution in [3.63, 3.8) is 0 Å². The Hall–Kier alpha value is -4.99. The van der Waals surface area contributed by atoms with E-state index in [4.69, 9.17) is 9.25 Å². The van der Waals surface area contributed by atoms with Crippen LogP contribution in [0.2, 0.25) is 0 Å². The van der Waals surface area contributed by atoms with Gasteiger partial charge < -0.3 is 19.5 Å². The van der Waals surface area contributed by atoms with Crippen LogP contribution in [0.1, 0.15) is 33.6 Å². The van der Waals surface area contributed by atoms with Gasteiger partial charge in [-0.3, -0.25) is 14.4 Å². The first kappa shape index (κ1) is 21.8. The molecule has 174 valence electrons. The van der Waals surface area contributed by atoms with Crippen molar-refractivity contribution in [2.45, 2.75) is 12.8 Å². The molecule has 1 saturated heterocycles. The molecule has 2 heterocycles. The summed E-state index contributed by atoms with van der Waals surface area (Å²) < 4.78 is 5.78. The van der Waals surface area contributed by atoms with Crippen LogP contribution >= 0.6 is 0 Å². The molecule has 0 bridgehead atoms. The summed E-state index contributed by atoms with van der Waals surface area (Å²) in [5.74, 6) is -4.03. The average Bonchev–Trinajstić information content (AvgIpc) is 3.13. The maximum Gasteiger partial charge on any atom is 0.364 e. The van der Waals surface area contributed by atoms with Gasteiger partial charge in [0.15, 0.2) is 5.43 Å². The zero-order valence-electron chi connectivity index (χ0n) is 17.8. The van der Waals surface area contributed by atoms with Crippen LogP contribution in [-0.2, 0) is 14.4 Å². The lowest BCUT2D eigenvalue weighted by Gasteiger charge is -2.18. The van der Waals surface area contributed by atoms with Crippen LogP contribution in [0.25, 0.3) is 33.4 Å². The number of imide groups is 1. The number of nitrogens with zero attached hydrogens (tertiary/aromatic N) is 1. The van der Waals surface area contributed by atoms with E-state index in [2.05, 4.69) is 0 Å². The fourth-order valence-electron chi connectivity index (χ4n) is 4.10. The van der Waals surface area contributed by atoms with E-state index in [1.54, 1.807) is 0 Å². The molecule has 2 amide bonds. The Bertz CT molecular complexity index is 1580. The van der Waals surface area contributed by atoms with Crippen molar-refractivity contribution in [2.75, 3.05) is 0 Å². The Labute approximate surface area is 195 Å². The Morgan fingerprint density at radius 1 is 0.914 bits per heavy atom. The van der Waals surface area contributed by atoms with Gasteiger partial charge in [0.2, 0.25) is 0 Å². The number of rotatable bonds is 4. The highest BCUT2D eigenvalue weighted by molar-refractivity contribution is 6.12. The predicted molar refractivity (Wildman–Crippen MR) is 120 cm³/mol. The molecule has 2 aromatic carbocycles. The van der Waals surface area contributed by atoms with Crippen LogP contribution < -0.4 is 5.43 Å². The molecule has 2 aliphatic heterocycles. The molecule has 1 aliphatic carbocycles. The van der Waals surface area contributed by atoms with Gasteiger partial charge in [-0.05, 0) is 35.9 Å². The molecule has 0 radical (unpaired) electrons. The highest BCUT2D eigenvalue weighted by Crippen LogP contribution is 2.42. The molecule has 0 saturated carbocycles. The van der Waals surface area contributed by atoms with Gasteiger partial charge >= 0.3 is 11.9 Å². The maximum atomic E-state index is 12.9. The number of carboxylic acids is 1. The number of aromatic carboxylic acids is 1. The molecule has 10 nitrogen and oxygen atoms in total. The second-order valence-corrected chi connectivity index (χ2v) is 7.81. The lowest BCUT2D eigenvalue weighted by Crippen LogP contribution is -2.32. The van der Waals surface area contributed by atoms with E-state index < -0.39 is 29.3 Å². The summed E-state index contributed by atoms with van der Waals surface area (Å²) in [7, 11) is 0. The number of aromatic hydroxyl groups is 1. The van der Waals surface area contributed by atoms with Gasteiger partial charge in [-0.25, -0.2) is 9.59 Å². The van der Waals surface area contributed by atoms with Gasteiger partial charge in [-0.1, -0.05) is 12.1 Å². The average molecular weight is 473 g/mol. The van der Waals surface area contributed by atoms with Crippen molar-refractivity contribution in [1.82, 2.24) is 5.06 Å². The van der Waals surface area contributed by atoms with Crippen LogP contribution in [-0.4, -0.2) is 39.0 Å². The van der Waals surface area contributed by atoms with E-state index in [0.717, 1.165) is 0 Å². The van der Waals surface area contributed by atoms with Gasteiger partial charge in [0.1, 0.15) is 17.1 Å². The molecule has 1 fully saturated rings. The summed E-state index contributed by atoms with van der Waals surface area (Å²) in [4.78, 5) is 65.9. The number of phenols is 1. The van der Waals surface area contributed by atoms with Crippen molar-refractivity contribution in [3.8, 4) is 28.2 Å². The minimum Gasteiger partial charge on any atom is -0.508 e. The van der Waals surface area contributed by atoms with Gasteiger partial charge in [-0.15, -0.1) is 5.06 Å². The van der Waals surface area contributed by atoms with E-state index >= 15 is 0 Å². The number of amides is 2. The second-order valence-electron chi connectivity index (χ2n) is 7.81. The van der Waals surface area contributed by atoms with Crippen LogP contribution in [0, 0.1) is 0 Å². The smallest absolute Gasteiger partial charge is 0.364 e. The molecule has 0 spiro atoms. The SMILES string of the molecule is O=C(ON1C(=O)CCC1=O)c1cccc(-c2c3ccc(=O)cc-3oc3cc(O)ccc23)c1C(=O)O. The Morgan fingerprint density at radius 3 is 2.37 bits per heavy atom. The third kappa shape index (κ3) is 3.66. The number of phenolic OH excluding ortho intramolecular Hbond substituents is 1. The number of benzene rings is 3. The summed E-state index contributed by atoms with van der Waals surface area (Å²) in [6.07, 6.45) is -0.226. The largest absolute Gasteiger partial charge is 0.508 e. The van der Waals surface area contributed by atoms with E-state index in [0.29, 0.717) is 21.6 Å². The third-order valence-electron chi connectivity index (χ3n) is 5.62. The second kappa shape index (κ2) is 8.10. The van der Waals surface area contributed by atoms with Gasteiger partial charge in [0.25, 0.3) is 11.8 Å². The zero-order valence-corrected chi connectivity index (χ0v) is 17.8. The molecular weight excluding hydrogens is 458 g/mol. The molecule has 0 aromatic heterocycles. The van der Waals surface area contributed by atoms with Crippen LogP contribution in [0.5, 0.6) is 5.75 Å². The molecule has 10 heteroatoms. The number of hydrogen-bond donors (Lipinski definition) is 2. The minimum absolute atomic E-state index is 0.0983. The lowest BCUT2D eigenvalue weighted by atomic mass is 9.89. The predicted octanol–water partition coefficient (Wildman–Crippen LogP) is 3.19. The first-order valence-electron chi connectivity index (χ1n) is 10.4. The van der Waals surface area contributed by atoms with Gasteiger partial charge in [0.05, 0.1) is 11.1 Å². The van der Waals surface area contributed by atoms with Crippen molar-refractivity contribution >= 4 is 34.7 Å². The molecule has 0 atom stereocenters. The highest BCUT2D eigenvalue weighted by Gasteiger charge is 2.35. The topological polar surface area (TPSA) is 151 Å². The van der Waals surface area contributed by atoms with E-state index in [1.807, 2.05) is 0 Å². The minimum atomic E-state index is -1.46. The van der Waals surface area contributed by atoms with E-state index in [1.165, 1.54) is 54.6 Å². The Kier molecular flexibility index (Phi) is 5.05. The van der Waals surface area contributed by atoms with Crippen molar-refractivity contribution in [2.24, 2.45) is 0 Å². The monoisotopic (exact) mass is 473 g/mol. The fourth-order valence-corrected chi connectivity index (χ4v) is 4.10. The normalized spacial score (nSPS) is 13.5. The van der Waals surface area contributed by atoms with Crippen LogP contribution in [0.4, 0.5) is 0 Å². The van der Waals surface area contributed by atoms with Crippen molar-refractivity contribution in [3.05, 3.63) is 75.9 Å². The number of hydrogen-bond acceptors (Lipinski definition) is 8. The number of carboxylic acid groups (broad SMARTS) is 1. The molecule has 2 N–H and O–H groups in total. The molecule has 2 aromatic rings. The summed E-state index contributed by atoms with van der Waals surface area (Å²) in [6, 6.07) is 12.3. The molecule has 3 aliphatic rings. The molecular formula is C25H15NO9. The highest BCUT2D eigenvalue weighted by atomic mass is 16.7. The summed E-state index contributed by atoms with van der Waals surface area (Å²) in [5.41, 5.74) is -0.171. The Morgan fingerprint density at radius 2 is 1.66 bits per heavy atom. The number of hydroxylamine groups is 2. The first-order valence-corrected chi connectivity index (χ1v) is 10.4. The first-order chi connectivity index (χ1) is 16.7. The quantitative estimate of drug-likeness (QED) is 0.336. The van der Waals surface area contributed by atoms with Crippen molar-refractivity contribution in [1.29, 1.82) is 0 Å². The maximum absolute atomic E-state index is 12.9. The summed E-state index contributed by atoms with van der Waals surface area (Å²) in [5, 5.41) is 20.8. The van der Waals surface area contributed by atoms with Gasteiger partial charge in [0, 0.05) is 41.5 Å². The number of carbonyl (C=O) groups is 4. The standard InChI is InChI=1S/C25H15NO9/c27-12-4-6-14-18(10-12)34-19-11-13(28)5-7-15(19)22(14)16-2-1-3-17(23(16)24(31)32)25(33)35-26-20(29)8-9-21(26)30/h1-7,10-11,27H,8-9H2,(H,31,32). The number of fused-ring (bicyclic) bond motifs is 2. The summed E-state index contributed by atoms with van der Waals surface area (Å²) in [6.45, 7) is 0. The van der Waals surface area contributed by atoms with E-state index in [-0.39, 0.29) is 46.5 Å². The fraction of sp³-hybridized carbons (Fsp3) is 0.0800. The van der Waals surface area contributed by atoms with Gasteiger partial charge in [-0.2, -0.15) is 0 Å². The van der Waals surface area contributed by atoms with Crippen LogP contribution in [0.3, 0.4) is 0 Å².